The van der Waals surface area contributed by atoms with Crippen LogP contribution in [0.5, 0.6) is 0 Å². The zero-order valence-corrected chi connectivity index (χ0v) is 17.0. The largest absolute Gasteiger partial charge is 0.348 e. The van der Waals surface area contributed by atoms with Crippen molar-refractivity contribution < 1.29 is 4.79 Å². The highest BCUT2D eigenvalue weighted by Crippen LogP contribution is 2.26. The molecule has 0 atom stereocenters. The van der Waals surface area contributed by atoms with Crippen molar-refractivity contribution in [1.29, 1.82) is 0 Å². The third kappa shape index (κ3) is 4.94. The van der Waals surface area contributed by atoms with Gasteiger partial charge in [0.2, 0.25) is 5.91 Å². The van der Waals surface area contributed by atoms with Crippen molar-refractivity contribution in [2.75, 3.05) is 5.32 Å². The maximum Gasteiger partial charge on any atom is 0.348 e. The highest BCUT2D eigenvalue weighted by molar-refractivity contribution is 7.15. The van der Waals surface area contributed by atoms with Crippen LogP contribution in [0.4, 0.5) is 5.13 Å². The zero-order chi connectivity index (χ0) is 19.6. The number of nitrogens with one attached hydrogen (secondary N) is 1. The van der Waals surface area contributed by atoms with E-state index in [2.05, 4.69) is 15.3 Å². The molecule has 9 heteroatoms. The fourth-order valence-electron chi connectivity index (χ4n) is 2.57. The first-order chi connectivity index (χ1) is 12.8. The van der Waals surface area contributed by atoms with E-state index in [9.17, 15) is 9.59 Å². The molecule has 0 aliphatic carbocycles. The minimum Gasteiger partial charge on any atom is -0.300 e. The van der Waals surface area contributed by atoms with Gasteiger partial charge in [-0.05, 0) is 37.6 Å². The van der Waals surface area contributed by atoms with Gasteiger partial charge in [0.1, 0.15) is 6.54 Å². The van der Waals surface area contributed by atoms with Crippen molar-refractivity contribution >= 4 is 45.6 Å². The summed E-state index contributed by atoms with van der Waals surface area (Å²) < 4.78 is 1.33. The minimum absolute atomic E-state index is 0.111. The Kier molecular flexibility index (Phi) is 5.94. The lowest BCUT2D eigenvalue weighted by molar-refractivity contribution is -0.116. The molecular weight excluding hydrogens is 407 g/mol. The summed E-state index contributed by atoms with van der Waals surface area (Å²) in [6, 6.07) is 7.21. The number of nitrogens with zero attached hydrogens (tertiary/aromatic N) is 3. The molecule has 140 valence electrons. The minimum atomic E-state index is -0.443. The number of benzene rings is 1. The number of anilines is 1. The third-order valence-corrected chi connectivity index (χ3v) is 5.46. The van der Waals surface area contributed by atoms with E-state index in [-0.39, 0.29) is 12.5 Å². The smallest absolute Gasteiger partial charge is 0.300 e. The Balaban J connectivity index is 1.66. The maximum atomic E-state index is 12.3. The van der Waals surface area contributed by atoms with Gasteiger partial charge in [-0.2, -0.15) is 4.98 Å². The van der Waals surface area contributed by atoms with Gasteiger partial charge in [0, 0.05) is 28.9 Å². The van der Waals surface area contributed by atoms with Gasteiger partial charge in [-0.25, -0.2) is 9.78 Å². The number of aryl methyl sites for hydroxylation is 2. The number of thiazole rings is 1. The van der Waals surface area contributed by atoms with E-state index >= 15 is 0 Å². The standard InChI is InChI=1S/C18H16Cl2N4O2S/c1-10-5-11(2)24(18(26)22-10)9-16(25)23-17-21-8-13(27-17)6-12-3-4-14(19)15(20)7-12/h3-5,7-8H,6,9H2,1-2H3,(H,21,23,25). The molecule has 0 aliphatic rings. The zero-order valence-electron chi connectivity index (χ0n) is 14.6. The molecule has 0 unspecified atom stereocenters. The summed E-state index contributed by atoms with van der Waals surface area (Å²) in [4.78, 5) is 33.2. The van der Waals surface area contributed by atoms with E-state index in [0.717, 1.165) is 10.4 Å². The molecule has 3 aromatic rings. The van der Waals surface area contributed by atoms with Crippen LogP contribution < -0.4 is 11.0 Å². The Morgan fingerprint density at radius 1 is 1.22 bits per heavy atom. The first-order valence-corrected chi connectivity index (χ1v) is 9.62. The van der Waals surface area contributed by atoms with E-state index < -0.39 is 5.69 Å². The van der Waals surface area contributed by atoms with Crippen LogP contribution >= 0.6 is 34.5 Å². The summed E-state index contributed by atoms with van der Waals surface area (Å²) in [5.41, 5.74) is 1.86. The van der Waals surface area contributed by atoms with Gasteiger partial charge < -0.3 is 5.32 Å². The molecule has 0 saturated heterocycles. The van der Waals surface area contributed by atoms with Crippen molar-refractivity contribution in [3.05, 3.63) is 72.8 Å². The van der Waals surface area contributed by atoms with Crippen molar-refractivity contribution in [2.45, 2.75) is 26.8 Å². The van der Waals surface area contributed by atoms with E-state index in [4.69, 9.17) is 23.2 Å². The molecule has 1 N–H and O–H groups in total. The van der Waals surface area contributed by atoms with Gasteiger partial charge in [-0.15, -0.1) is 11.3 Å². The van der Waals surface area contributed by atoms with Crippen molar-refractivity contribution in [3.63, 3.8) is 0 Å². The Morgan fingerprint density at radius 3 is 2.70 bits per heavy atom. The molecule has 0 fully saturated rings. The van der Waals surface area contributed by atoms with Crippen LogP contribution in [0, 0.1) is 13.8 Å². The molecule has 2 heterocycles. The Labute approximate surface area is 169 Å². The quantitative estimate of drug-likeness (QED) is 0.676. The van der Waals surface area contributed by atoms with Crippen LogP contribution in [-0.2, 0) is 17.8 Å². The molecule has 0 radical (unpaired) electrons. The lowest BCUT2D eigenvalue weighted by Gasteiger charge is -2.08. The average Bonchev–Trinajstić information content (AvgIpc) is 3.01. The summed E-state index contributed by atoms with van der Waals surface area (Å²) in [5.74, 6) is -0.332. The van der Waals surface area contributed by atoms with Gasteiger partial charge in [0.15, 0.2) is 5.13 Å². The fraction of sp³-hybridized carbons (Fsp3) is 0.222. The highest BCUT2D eigenvalue weighted by Gasteiger charge is 2.11. The third-order valence-electron chi connectivity index (χ3n) is 3.81. The van der Waals surface area contributed by atoms with Crippen LogP contribution in [0.25, 0.3) is 0 Å². The monoisotopic (exact) mass is 422 g/mol. The van der Waals surface area contributed by atoms with E-state index in [0.29, 0.717) is 33.0 Å². The first-order valence-electron chi connectivity index (χ1n) is 8.05. The van der Waals surface area contributed by atoms with Crippen LogP contribution in [-0.4, -0.2) is 20.4 Å². The number of hydrogen-bond donors (Lipinski definition) is 1. The molecule has 1 aromatic carbocycles. The Hall–Kier alpha value is -2.22. The molecule has 0 spiro atoms. The SMILES string of the molecule is Cc1cc(C)n(CC(=O)Nc2ncc(Cc3ccc(Cl)c(Cl)c3)s2)c(=O)n1. The number of carbonyl (C=O) groups excluding carboxylic acids is 1. The second-order valence-electron chi connectivity index (χ2n) is 6.01. The van der Waals surface area contributed by atoms with Crippen LogP contribution in [0.15, 0.2) is 35.3 Å². The molecule has 0 bridgehead atoms. The number of aromatic nitrogens is 3. The summed E-state index contributed by atoms with van der Waals surface area (Å²) >= 11 is 13.3. The van der Waals surface area contributed by atoms with Crippen LogP contribution in [0.2, 0.25) is 10.0 Å². The first kappa shape index (κ1) is 19.5. The summed E-state index contributed by atoms with van der Waals surface area (Å²) in [7, 11) is 0. The number of rotatable bonds is 5. The fourth-order valence-corrected chi connectivity index (χ4v) is 3.75. The highest BCUT2D eigenvalue weighted by atomic mass is 35.5. The van der Waals surface area contributed by atoms with Crippen LogP contribution in [0.3, 0.4) is 0 Å². The van der Waals surface area contributed by atoms with Crippen molar-refractivity contribution in [3.8, 4) is 0 Å². The van der Waals surface area contributed by atoms with Crippen LogP contribution in [0.1, 0.15) is 21.8 Å². The van der Waals surface area contributed by atoms with Gasteiger partial charge in [0.05, 0.1) is 10.0 Å². The predicted octanol–water partition coefficient (Wildman–Crippen LogP) is 3.85. The summed E-state index contributed by atoms with van der Waals surface area (Å²) in [6.45, 7) is 3.39. The van der Waals surface area contributed by atoms with Gasteiger partial charge >= 0.3 is 5.69 Å². The molecule has 0 aliphatic heterocycles. The molecule has 3 rings (SSSR count). The van der Waals surface area contributed by atoms with E-state index in [1.807, 2.05) is 6.07 Å². The molecule has 1 amide bonds. The average molecular weight is 423 g/mol. The van der Waals surface area contributed by atoms with Crippen molar-refractivity contribution in [1.82, 2.24) is 14.5 Å². The molecule has 6 nitrogen and oxygen atoms in total. The van der Waals surface area contributed by atoms with E-state index in [1.165, 1.54) is 15.9 Å². The maximum absolute atomic E-state index is 12.3. The van der Waals surface area contributed by atoms with Gasteiger partial charge in [-0.3, -0.25) is 9.36 Å². The normalized spacial score (nSPS) is 10.8. The van der Waals surface area contributed by atoms with Gasteiger partial charge in [0.25, 0.3) is 0 Å². The summed E-state index contributed by atoms with van der Waals surface area (Å²) in [6.07, 6.45) is 2.33. The molecule has 2 aromatic heterocycles. The number of carbonyl (C=O) groups is 1. The second kappa shape index (κ2) is 8.21. The number of halogens is 2. The molecular formula is C18H16Cl2N4O2S. The van der Waals surface area contributed by atoms with E-state index in [1.54, 1.807) is 38.2 Å². The molecule has 27 heavy (non-hydrogen) atoms. The van der Waals surface area contributed by atoms with Crippen molar-refractivity contribution in [2.24, 2.45) is 0 Å². The number of hydrogen-bond acceptors (Lipinski definition) is 5. The lowest BCUT2D eigenvalue weighted by Crippen LogP contribution is -2.31. The molecule has 0 saturated carbocycles. The van der Waals surface area contributed by atoms with Gasteiger partial charge in [-0.1, -0.05) is 29.3 Å². The Morgan fingerprint density at radius 2 is 2.00 bits per heavy atom. The predicted molar refractivity (Wildman–Crippen MR) is 108 cm³/mol. The summed E-state index contributed by atoms with van der Waals surface area (Å²) in [5, 5.41) is 4.20. The number of amides is 1. The Bertz CT molecular complexity index is 1060. The topological polar surface area (TPSA) is 76.9 Å². The second-order valence-corrected chi connectivity index (χ2v) is 7.94. The lowest BCUT2D eigenvalue weighted by atomic mass is 10.1.